The topological polar surface area (TPSA) is 39.2 Å². The van der Waals surface area contributed by atoms with Gasteiger partial charge in [-0.05, 0) is 0 Å². The fourth-order valence-corrected chi connectivity index (χ4v) is 1.29. The summed E-state index contributed by atoms with van der Waals surface area (Å²) in [6.45, 7) is 0. The minimum absolute atomic E-state index is 0.0483. The molecular formula is C6H5F2NO2S. The standard InChI is InChI=1S/C6H5F2NO2S/c1-11-6(10)5-9-3(2-12-5)4(7)8/h2,4H,1H3. The number of carbonyl (C=O) groups excluding carboxylic acids is 1. The number of hydrogen-bond donors (Lipinski definition) is 0. The molecule has 66 valence electrons. The van der Waals surface area contributed by atoms with Gasteiger partial charge in [-0.1, -0.05) is 0 Å². The maximum absolute atomic E-state index is 11.9. The van der Waals surface area contributed by atoms with Crippen molar-refractivity contribution < 1.29 is 18.3 Å². The first-order valence-corrected chi connectivity index (χ1v) is 3.85. The van der Waals surface area contributed by atoms with Crippen molar-refractivity contribution in [3.05, 3.63) is 16.1 Å². The van der Waals surface area contributed by atoms with E-state index in [4.69, 9.17) is 0 Å². The lowest BCUT2D eigenvalue weighted by molar-refractivity contribution is 0.0599. The van der Waals surface area contributed by atoms with Crippen LogP contribution in [0.3, 0.4) is 0 Å². The summed E-state index contributed by atoms with van der Waals surface area (Å²) in [5.41, 5.74) is -0.389. The lowest BCUT2D eigenvalue weighted by Gasteiger charge is -1.91. The van der Waals surface area contributed by atoms with Crippen LogP contribution >= 0.6 is 11.3 Å². The Morgan fingerprint density at radius 3 is 2.83 bits per heavy atom. The minimum atomic E-state index is -2.64. The monoisotopic (exact) mass is 193 g/mol. The van der Waals surface area contributed by atoms with E-state index in [1.807, 2.05) is 0 Å². The maximum Gasteiger partial charge on any atom is 0.367 e. The summed E-state index contributed by atoms with van der Waals surface area (Å²) < 4.78 is 28.2. The van der Waals surface area contributed by atoms with E-state index in [-0.39, 0.29) is 10.7 Å². The highest BCUT2D eigenvalue weighted by Crippen LogP contribution is 2.20. The zero-order valence-electron chi connectivity index (χ0n) is 6.08. The summed E-state index contributed by atoms with van der Waals surface area (Å²) in [6.07, 6.45) is -2.64. The number of ether oxygens (including phenoxy) is 1. The van der Waals surface area contributed by atoms with Crippen LogP contribution in [0, 0.1) is 0 Å². The number of halogens is 2. The first kappa shape index (κ1) is 9.05. The smallest absolute Gasteiger partial charge is 0.367 e. The number of methoxy groups -OCH3 is 1. The Hall–Kier alpha value is -1.04. The van der Waals surface area contributed by atoms with Crippen molar-refractivity contribution in [1.29, 1.82) is 0 Å². The molecule has 0 amide bonds. The van der Waals surface area contributed by atoms with Crippen LogP contribution in [-0.4, -0.2) is 18.1 Å². The van der Waals surface area contributed by atoms with Gasteiger partial charge in [0.15, 0.2) is 0 Å². The Kier molecular flexibility index (Phi) is 2.69. The maximum atomic E-state index is 11.9. The number of rotatable bonds is 2. The van der Waals surface area contributed by atoms with Gasteiger partial charge in [0.05, 0.1) is 7.11 Å². The van der Waals surface area contributed by atoms with Gasteiger partial charge in [-0.25, -0.2) is 18.6 Å². The molecule has 0 bridgehead atoms. The van der Waals surface area contributed by atoms with Crippen LogP contribution in [-0.2, 0) is 4.74 Å². The molecule has 0 spiro atoms. The van der Waals surface area contributed by atoms with E-state index in [1.54, 1.807) is 0 Å². The van der Waals surface area contributed by atoms with Gasteiger partial charge in [0, 0.05) is 5.38 Å². The summed E-state index contributed by atoms with van der Waals surface area (Å²) in [6, 6.07) is 0. The summed E-state index contributed by atoms with van der Waals surface area (Å²) in [7, 11) is 1.17. The second kappa shape index (κ2) is 3.57. The summed E-state index contributed by atoms with van der Waals surface area (Å²) in [5, 5.41) is 1.09. The fourth-order valence-electron chi connectivity index (χ4n) is 0.567. The average Bonchev–Trinajstić information content (AvgIpc) is 2.51. The third-order valence-corrected chi connectivity index (χ3v) is 1.95. The fraction of sp³-hybridized carbons (Fsp3) is 0.333. The Bertz CT molecular complexity index is 287. The van der Waals surface area contributed by atoms with Gasteiger partial charge in [0.25, 0.3) is 6.43 Å². The van der Waals surface area contributed by atoms with E-state index < -0.39 is 12.4 Å². The molecule has 0 fully saturated rings. The van der Waals surface area contributed by atoms with Crippen LogP contribution in [0.4, 0.5) is 8.78 Å². The average molecular weight is 193 g/mol. The summed E-state index contributed by atoms with van der Waals surface area (Å²) in [4.78, 5) is 14.1. The largest absolute Gasteiger partial charge is 0.464 e. The van der Waals surface area contributed by atoms with E-state index in [9.17, 15) is 13.6 Å². The molecule has 3 nitrogen and oxygen atoms in total. The van der Waals surface area contributed by atoms with Crippen LogP contribution in [0.15, 0.2) is 5.38 Å². The molecule has 12 heavy (non-hydrogen) atoms. The Morgan fingerprint density at radius 2 is 2.42 bits per heavy atom. The zero-order valence-corrected chi connectivity index (χ0v) is 6.90. The van der Waals surface area contributed by atoms with Gasteiger partial charge >= 0.3 is 5.97 Å². The van der Waals surface area contributed by atoms with E-state index in [2.05, 4.69) is 9.72 Å². The van der Waals surface area contributed by atoms with Crippen molar-refractivity contribution in [2.45, 2.75) is 6.43 Å². The van der Waals surface area contributed by atoms with Gasteiger partial charge in [-0.3, -0.25) is 0 Å². The van der Waals surface area contributed by atoms with Crippen molar-refractivity contribution in [3.63, 3.8) is 0 Å². The van der Waals surface area contributed by atoms with E-state index in [0.29, 0.717) is 0 Å². The summed E-state index contributed by atoms with van der Waals surface area (Å²) in [5.74, 6) is -0.688. The second-order valence-corrected chi connectivity index (χ2v) is 2.73. The van der Waals surface area contributed by atoms with Crippen LogP contribution in [0.25, 0.3) is 0 Å². The number of aromatic nitrogens is 1. The molecule has 0 aromatic carbocycles. The van der Waals surface area contributed by atoms with Gasteiger partial charge in [0.2, 0.25) is 5.01 Å². The molecule has 0 saturated carbocycles. The predicted molar refractivity (Wildman–Crippen MR) is 38.4 cm³/mol. The molecule has 0 aliphatic heterocycles. The van der Waals surface area contributed by atoms with Gasteiger partial charge < -0.3 is 4.74 Å². The third-order valence-electron chi connectivity index (χ3n) is 1.11. The Morgan fingerprint density at radius 1 is 1.75 bits per heavy atom. The van der Waals surface area contributed by atoms with Gasteiger partial charge in [-0.15, -0.1) is 11.3 Å². The Balaban J connectivity index is 2.84. The lowest BCUT2D eigenvalue weighted by Crippen LogP contribution is -2.00. The number of alkyl halides is 2. The number of nitrogens with zero attached hydrogens (tertiary/aromatic N) is 1. The molecule has 1 aromatic heterocycles. The van der Waals surface area contributed by atoms with Gasteiger partial charge in [0.1, 0.15) is 5.69 Å². The van der Waals surface area contributed by atoms with E-state index in [0.717, 1.165) is 16.7 Å². The van der Waals surface area contributed by atoms with Crippen molar-refractivity contribution in [2.24, 2.45) is 0 Å². The highest BCUT2D eigenvalue weighted by molar-refractivity contribution is 7.11. The molecule has 6 heteroatoms. The molecule has 1 heterocycles. The van der Waals surface area contributed by atoms with Crippen molar-refractivity contribution in [3.8, 4) is 0 Å². The van der Waals surface area contributed by atoms with Crippen LogP contribution in [0.5, 0.6) is 0 Å². The first-order valence-electron chi connectivity index (χ1n) is 2.97. The highest BCUT2D eigenvalue weighted by atomic mass is 32.1. The molecule has 0 aliphatic carbocycles. The quantitative estimate of drug-likeness (QED) is 0.673. The highest BCUT2D eigenvalue weighted by Gasteiger charge is 2.16. The first-order chi connectivity index (χ1) is 5.65. The van der Waals surface area contributed by atoms with Crippen molar-refractivity contribution >= 4 is 17.3 Å². The summed E-state index contributed by atoms with van der Waals surface area (Å²) >= 11 is 0.845. The molecule has 0 saturated heterocycles. The van der Waals surface area contributed by atoms with Crippen LogP contribution in [0.2, 0.25) is 0 Å². The molecule has 0 N–H and O–H groups in total. The van der Waals surface area contributed by atoms with E-state index in [1.165, 1.54) is 7.11 Å². The third kappa shape index (κ3) is 1.76. The predicted octanol–water partition coefficient (Wildman–Crippen LogP) is 1.87. The number of hydrogen-bond acceptors (Lipinski definition) is 4. The molecule has 1 rings (SSSR count). The lowest BCUT2D eigenvalue weighted by atomic mass is 10.5. The Labute approximate surface area is 71.0 Å². The molecule has 0 unspecified atom stereocenters. The number of carbonyl (C=O) groups is 1. The molecule has 0 atom stereocenters. The molecular weight excluding hydrogens is 188 g/mol. The second-order valence-electron chi connectivity index (χ2n) is 1.87. The number of esters is 1. The van der Waals surface area contributed by atoms with Gasteiger partial charge in [-0.2, -0.15) is 0 Å². The van der Waals surface area contributed by atoms with Crippen LogP contribution in [0.1, 0.15) is 21.9 Å². The normalized spacial score (nSPS) is 10.3. The van der Waals surface area contributed by atoms with Crippen LogP contribution < -0.4 is 0 Å². The van der Waals surface area contributed by atoms with Crippen molar-refractivity contribution in [1.82, 2.24) is 4.98 Å². The number of thiazole rings is 1. The molecule has 0 radical (unpaired) electrons. The SMILES string of the molecule is COC(=O)c1nc(C(F)F)cs1. The molecule has 0 aliphatic rings. The zero-order chi connectivity index (χ0) is 9.14. The van der Waals surface area contributed by atoms with Crippen molar-refractivity contribution in [2.75, 3.05) is 7.11 Å². The molecule has 1 aromatic rings. The van der Waals surface area contributed by atoms with E-state index >= 15 is 0 Å². The minimum Gasteiger partial charge on any atom is -0.464 e.